The average Bonchev–Trinajstić information content (AvgIpc) is 2.73. The molecule has 150 valence electrons. The summed E-state index contributed by atoms with van der Waals surface area (Å²) >= 11 is 0. The smallest absolute Gasteiger partial charge is 0.255 e. The Labute approximate surface area is 175 Å². The van der Waals surface area contributed by atoms with Crippen LogP contribution in [0.25, 0.3) is 0 Å². The van der Waals surface area contributed by atoms with Gasteiger partial charge in [-0.15, -0.1) is 12.4 Å². The molecule has 4 N–H and O–H groups in total. The number of para-hydroxylation sites is 2. The van der Waals surface area contributed by atoms with E-state index < -0.39 is 0 Å². The second-order valence-electron chi connectivity index (χ2n) is 6.08. The number of carbonyl (C=O) groups excluding carboxylic acids is 1. The van der Waals surface area contributed by atoms with Crippen molar-refractivity contribution in [2.24, 2.45) is 5.73 Å². The van der Waals surface area contributed by atoms with E-state index in [0.29, 0.717) is 29.2 Å². The Morgan fingerprint density at radius 1 is 1.00 bits per heavy atom. The number of ether oxygens (including phenoxy) is 2. The van der Waals surface area contributed by atoms with E-state index in [0.717, 1.165) is 11.3 Å². The molecule has 3 aromatic carbocycles. The second kappa shape index (κ2) is 10.1. The van der Waals surface area contributed by atoms with Crippen LogP contribution in [0.3, 0.4) is 0 Å². The minimum atomic E-state index is -0.302. The van der Waals surface area contributed by atoms with E-state index in [1.807, 2.05) is 36.4 Å². The van der Waals surface area contributed by atoms with E-state index >= 15 is 0 Å². The summed E-state index contributed by atoms with van der Waals surface area (Å²) in [7, 11) is 1.62. The van der Waals surface area contributed by atoms with Gasteiger partial charge in [0.15, 0.2) is 0 Å². The third kappa shape index (κ3) is 5.73. The van der Waals surface area contributed by atoms with Crippen LogP contribution >= 0.6 is 12.4 Å². The molecule has 0 aliphatic carbocycles. The lowest BCUT2D eigenvalue weighted by Crippen LogP contribution is -2.15. The molecule has 3 rings (SSSR count). The van der Waals surface area contributed by atoms with E-state index in [1.54, 1.807) is 43.5 Å². The molecule has 0 saturated heterocycles. The van der Waals surface area contributed by atoms with E-state index in [-0.39, 0.29) is 24.1 Å². The van der Waals surface area contributed by atoms with Crippen LogP contribution in [0.15, 0.2) is 72.8 Å². The fraction of sp³-hybridized carbons (Fsp3) is 0.0909. The lowest BCUT2D eigenvalue weighted by atomic mass is 10.1. The number of hydrogen-bond acceptors (Lipinski definition) is 4. The van der Waals surface area contributed by atoms with Crippen molar-refractivity contribution in [3.63, 3.8) is 0 Å². The summed E-state index contributed by atoms with van der Waals surface area (Å²) in [6, 6.07) is 21.5. The highest BCUT2D eigenvalue weighted by molar-refractivity contribution is 6.06. The van der Waals surface area contributed by atoms with Crippen LogP contribution in [0.5, 0.6) is 11.5 Å². The topological polar surface area (TPSA) is 97.4 Å². The van der Waals surface area contributed by atoms with Gasteiger partial charge in [0.1, 0.15) is 23.9 Å². The molecule has 1 amide bonds. The van der Waals surface area contributed by atoms with Crippen molar-refractivity contribution in [1.29, 1.82) is 5.41 Å². The van der Waals surface area contributed by atoms with Crippen molar-refractivity contribution in [2.75, 3.05) is 12.4 Å². The number of hydrogen-bond donors (Lipinski definition) is 3. The molecule has 0 fully saturated rings. The molecular formula is C22H22ClN3O3. The maximum Gasteiger partial charge on any atom is 0.255 e. The van der Waals surface area contributed by atoms with E-state index in [4.69, 9.17) is 20.6 Å². The SMILES string of the molecule is COc1ccc(COc2ccccc2NC(=O)c2cccc(C(=N)N)c2)cc1.Cl. The lowest BCUT2D eigenvalue weighted by molar-refractivity contribution is 0.102. The quantitative estimate of drug-likeness (QED) is 0.400. The van der Waals surface area contributed by atoms with E-state index in [2.05, 4.69) is 5.32 Å². The van der Waals surface area contributed by atoms with Gasteiger partial charge in [-0.25, -0.2) is 0 Å². The number of anilines is 1. The maximum absolute atomic E-state index is 12.6. The molecule has 0 heterocycles. The summed E-state index contributed by atoms with van der Waals surface area (Å²) in [4.78, 5) is 12.6. The molecule has 0 aliphatic rings. The Morgan fingerprint density at radius 2 is 1.69 bits per heavy atom. The zero-order valence-corrected chi connectivity index (χ0v) is 16.7. The number of methoxy groups -OCH3 is 1. The zero-order valence-electron chi connectivity index (χ0n) is 15.8. The molecular weight excluding hydrogens is 390 g/mol. The van der Waals surface area contributed by atoms with Crippen LogP contribution in [0, 0.1) is 5.41 Å². The largest absolute Gasteiger partial charge is 0.497 e. The first-order chi connectivity index (χ1) is 13.6. The fourth-order valence-corrected chi connectivity index (χ4v) is 2.60. The van der Waals surface area contributed by atoms with Gasteiger partial charge in [-0.05, 0) is 42.0 Å². The predicted octanol–water partition coefficient (Wildman–Crippen LogP) is 4.23. The summed E-state index contributed by atoms with van der Waals surface area (Å²) in [5.74, 6) is 0.958. The normalized spacial score (nSPS) is 9.83. The van der Waals surface area contributed by atoms with Gasteiger partial charge < -0.3 is 20.5 Å². The van der Waals surface area contributed by atoms with Gasteiger partial charge in [-0.1, -0.05) is 36.4 Å². The van der Waals surface area contributed by atoms with Crippen molar-refractivity contribution in [1.82, 2.24) is 0 Å². The summed E-state index contributed by atoms with van der Waals surface area (Å²) in [6.45, 7) is 0.358. The van der Waals surface area contributed by atoms with E-state index in [1.165, 1.54) is 0 Å². The summed E-state index contributed by atoms with van der Waals surface area (Å²) in [5.41, 5.74) is 7.95. The maximum atomic E-state index is 12.6. The minimum absolute atomic E-state index is 0. The molecule has 0 unspecified atom stereocenters. The van der Waals surface area contributed by atoms with Crippen LogP contribution in [0.2, 0.25) is 0 Å². The molecule has 0 atom stereocenters. The molecule has 0 spiro atoms. The first-order valence-corrected chi connectivity index (χ1v) is 8.67. The molecule has 0 bridgehead atoms. The van der Waals surface area contributed by atoms with Gasteiger partial charge in [0.05, 0.1) is 12.8 Å². The highest BCUT2D eigenvalue weighted by Gasteiger charge is 2.11. The van der Waals surface area contributed by atoms with Crippen LogP contribution in [-0.2, 0) is 6.61 Å². The molecule has 29 heavy (non-hydrogen) atoms. The third-order valence-electron chi connectivity index (χ3n) is 4.12. The number of amides is 1. The summed E-state index contributed by atoms with van der Waals surface area (Å²) in [6.07, 6.45) is 0. The highest BCUT2D eigenvalue weighted by atomic mass is 35.5. The van der Waals surface area contributed by atoms with Gasteiger partial charge in [0, 0.05) is 11.1 Å². The zero-order chi connectivity index (χ0) is 19.9. The van der Waals surface area contributed by atoms with Crippen LogP contribution < -0.4 is 20.5 Å². The minimum Gasteiger partial charge on any atom is -0.497 e. The standard InChI is InChI=1S/C22H21N3O3.ClH/c1-27-18-11-9-15(10-12-18)14-28-20-8-3-2-7-19(20)25-22(26)17-6-4-5-16(13-17)21(23)24;/h2-13H,14H2,1H3,(H3,23,24)(H,25,26);1H. The van der Waals surface area contributed by atoms with Gasteiger partial charge in [-0.2, -0.15) is 0 Å². The number of rotatable bonds is 7. The third-order valence-corrected chi connectivity index (χ3v) is 4.12. The van der Waals surface area contributed by atoms with Gasteiger partial charge in [0.25, 0.3) is 5.91 Å². The van der Waals surface area contributed by atoms with Crippen LogP contribution in [0.1, 0.15) is 21.5 Å². The molecule has 7 heteroatoms. The molecule has 3 aromatic rings. The monoisotopic (exact) mass is 411 g/mol. The Bertz CT molecular complexity index is 991. The van der Waals surface area contributed by atoms with Crippen molar-refractivity contribution < 1.29 is 14.3 Å². The Balaban J connectivity index is 0.00000300. The number of nitrogens with one attached hydrogen (secondary N) is 2. The second-order valence-corrected chi connectivity index (χ2v) is 6.08. The predicted molar refractivity (Wildman–Crippen MR) is 116 cm³/mol. The average molecular weight is 412 g/mol. The molecule has 0 radical (unpaired) electrons. The fourth-order valence-electron chi connectivity index (χ4n) is 2.60. The van der Waals surface area contributed by atoms with Crippen molar-refractivity contribution >= 4 is 29.8 Å². The van der Waals surface area contributed by atoms with Gasteiger partial charge in [-0.3, -0.25) is 10.2 Å². The summed E-state index contributed by atoms with van der Waals surface area (Å²) < 4.78 is 11.0. The van der Waals surface area contributed by atoms with Crippen molar-refractivity contribution in [3.8, 4) is 11.5 Å². The highest BCUT2D eigenvalue weighted by Crippen LogP contribution is 2.26. The molecule has 0 saturated carbocycles. The Kier molecular flexibility index (Phi) is 7.62. The summed E-state index contributed by atoms with van der Waals surface area (Å²) in [5, 5.41) is 10.4. The van der Waals surface area contributed by atoms with Crippen molar-refractivity contribution in [2.45, 2.75) is 6.61 Å². The lowest BCUT2D eigenvalue weighted by Gasteiger charge is -2.13. The first-order valence-electron chi connectivity index (χ1n) is 8.67. The van der Waals surface area contributed by atoms with Gasteiger partial charge in [0.2, 0.25) is 0 Å². The number of halogens is 1. The van der Waals surface area contributed by atoms with Crippen LogP contribution in [0.4, 0.5) is 5.69 Å². The number of nitrogen functional groups attached to an aromatic ring is 1. The Hall–Kier alpha value is -3.51. The number of amidine groups is 1. The number of benzene rings is 3. The van der Waals surface area contributed by atoms with Crippen molar-refractivity contribution in [3.05, 3.63) is 89.5 Å². The number of carbonyl (C=O) groups is 1. The molecule has 0 aliphatic heterocycles. The van der Waals surface area contributed by atoms with Gasteiger partial charge >= 0.3 is 0 Å². The van der Waals surface area contributed by atoms with E-state index in [9.17, 15) is 4.79 Å². The molecule has 0 aromatic heterocycles. The number of nitrogens with two attached hydrogens (primary N) is 1. The van der Waals surface area contributed by atoms with Crippen LogP contribution in [-0.4, -0.2) is 18.9 Å². The Morgan fingerprint density at radius 3 is 2.38 bits per heavy atom. The molecule has 6 nitrogen and oxygen atoms in total. The first kappa shape index (κ1) is 21.8.